The molecule has 8 rings (SSSR count). The normalized spacial score (nSPS) is 18.7. The van der Waals surface area contributed by atoms with Gasteiger partial charge in [0.05, 0.1) is 17.7 Å². The molecule has 9 N–H and O–H groups in total. The van der Waals surface area contributed by atoms with Crippen molar-refractivity contribution in [2.75, 3.05) is 44.6 Å². The minimum Gasteiger partial charge on any atom is -0.484 e. The number of aromatic nitrogens is 5. The Labute approximate surface area is 463 Å². The van der Waals surface area contributed by atoms with Crippen molar-refractivity contribution in [3.05, 3.63) is 106 Å². The second kappa shape index (κ2) is 26.7. The summed E-state index contributed by atoms with van der Waals surface area (Å²) < 4.78 is 47.3. The van der Waals surface area contributed by atoms with Crippen molar-refractivity contribution >= 4 is 94.7 Å². The lowest BCUT2D eigenvalue weighted by molar-refractivity contribution is -0.360. The molecule has 424 valence electrons. The highest BCUT2D eigenvalue weighted by Gasteiger charge is 2.53. The molecule has 0 spiro atoms. The standard InChI is InChI=1S/C53H64BF2N13O10S/c1-4-57-52(77)47-45(73)46(74)53(79-47)67-31-64-44-48(62-30-63-49(44)67)60-25-9-8-24-58-42(71)28-61-50(75)32(2)66-51(76)33(3)65-41(70)12-6-5-7-23-59-43(72)29-78-38-20-14-34(15-21-38)13-16-35-17-18-36-27-37-19-22-39(40-11-10-26-80-40)69(37)54(55,56)68(35)36/h10-11,13-22,26-27,30-33,45-47,53,73-74H,4-9,12,23-25,28-29H2,1-3H3,(H,57,77)(H,58,71)(H,59,72)(H,61,75)(H,65,70)(H,66,76)(H,60,62,63)/b16-13+/t32-,33-,45+,46-,47+,53-/m1/s1. The number of benzene rings is 1. The fourth-order valence-corrected chi connectivity index (χ4v) is 9.93. The molecule has 6 atom stereocenters. The summed E-state index contributed by atoms with van der Waals surface area (Å²) in [5.41, 5.74) is 3.15. The molecule has 4 aromatic heterocycles. The van der Waals surface area contributed by atoms with Gasteiger partial charge in [-0.05, 0) is 93.8 Å². The average Bonchev–Trinajstić information content (AvgIpc) is 4.37. The number of aliphatic hydroxyl groups excluding tert-OH is 2. The monoisotopic (exact) mass is 1120 g/mol. The number of imidazole rings is 1. The molecule has 0 bridgehead atoms. The second-order valence-electron chi connectivity index (χ2n) is 19.2. The van der Waals surface area contributed by atoms with E-state index in [1.807, 2.05) is 17.5 Å². The molecule has 3 aliphatic heterocycles. The van der Waals surface area contributed by atoms with Crippen molar-refractivity contribution in [3.63, 3.8) is 0 Å². The Morgan fingerprint density at radius 2 is 1.57 bits per heavy atom. The van der Waals surface area contributed by atoms with Crippen LogP contribution in [0, 0.1) is 0 Å². The van der Waals surface area contributed by atoms with Gasteiger partial charge in [-0.15, -0.1) is 11.3 Å². The zero-order chi connectivity index (χ0) is 56.9. The van der Waals surface area contributed by atoms with Crippen molar-refractivity contribution in [2.24, 2.45) is 0 Å². The van der Waals surface area contributed by atoms with E-state index >= 15 is 8.63 Å². The van der Waals surface area contributed by atoms with Crippen molar-refractivity contribution in [1.82, 2.24) is 55.9 Å². The molecule has 7 heterocycles. The molecular weight excluding hydrogens is 1060 g/mol. The molecule has 5 aromatic rings. The number of hydrogen-bond donors (Lipinski definition) is 9. The van der Waals surface area contributed by atoms with E-state index in [2.05, 4.69) is 52.2 Å². The van der Waals surface area contributed by atoms with Gasteiger partial charge >= 0.3 is 6.97 Å². The van der Waals surface area contributed by atoms with E-state index in [1.54, 1.807) is 73.7 Å². The third kappa shape index (κ3) is 14.0. The number of carbonyl (C=O) groups is 6. The van der Waals surface area contributed by atoms with Gasteiger partial charge in [0.1, 0.15) is 36.4 Å². The summed E-state index contributed by atoms with van der Waals surface area (Å²) in [7, 11) is 0. The number of allylic oxidation sites excluding steroid dienone is 2. The maximum Gasteiger partial charge on any atom is 0.737 e. The molecule has 27 heteroatoms. The van der Waals surface area contributed by atoms with Crippen LogP contribution in [0.3, 0.4) is 0 Å². The first-order valence-electron chi connectivity index (χ1n) is 26.4. The number of amides is 6. The number of unbranched alkanes of at least 4 members (excludes halogenated alkanes) is 3. The second-order valence-corrected chi connectivity index (χ2v) is 20.2. The predicted molar refractivity (Wildman–Crippen MR) is 295 cm³/mol. The molecular formula is C53H64BF2N13O10S. The molecule has 6 amide bonds. The number of rotatable bonds is 27. The number of anilines is 1. The molecule has 1 aromatic carbocycles. The van der Waals surface area contributed by atoms with E-state index < -0.39 is 67.2 Å². The van der Waals surface area contributed by atoms with E-state index in [9.17, 15) is 39.0 Å². The van der Waals surface area contributed by atoms with Crippen LogP contribution in [0.25, 0.3) is 29.4 Å². The number of halogens is 2. The van der Waals surface area contributed by atoms with Gasteiger partial charge in [-0.2, -0.15) is 0 Å². The lowest BCUT2D eigenvalue weighted by Crippen LogP contribution is -2.52. The molecule has 3 aliphatic rings. The van der Waals surface area contributed by atoms with Gasteiger partial charge in [0.15, 0.2) is 47.3 Å². The fraction of sp³-hybridized carbons (Fsp3) is 0.396. The average molecular weight is 1120 g/mol. The molecule has 0 saturated carbocycles. The first-order chi connectivity index (χ1) is 38.5. The maximum absolute atomic E-state index is 16.1. The Bertz CT molecular complexity index is 3180. The number of ether oxygens (including phenoxy) is 2. The van der Waals surface area contributed by atoms with Crippen molar-refractivity contribution < 1.29 is 61.6 Å². The molecule has 0 aliphatic carbocycles. The lowest BCUT2D eigenvalue weighted by Gasteiger charge is -2.30. The van der Waals surface area contributed by atoms with E-state index in [4.69, 9.17) is 9.47 Å². The number of fused-ring (bicyclic) bond motifs is 3. The summed E-state index contributed by atoms with van der Waals surface area (Å²) >= 11 is 1.41. The minimum absolute atomic E-state index is 0.143. The van der Waals surface area contributed by atoms with Gasteiger partial charge < -0.3 is 74.5 Å². The van der Waals surface area contributed by atoms with Gasteiger partial charge in [-0.3, -0.25) is 33.3 Å². The Morgan fingerprint density at radius 1 is 0.825 bits per heavy atom. The SMILES string of the molecule is CCNC(=O)[C@H]1O[C@@H](n2cnc3c(NCCCCNC(=O)CNC(=O)[C@@H](C)NC(=O)[C@@H](C)NC(=O)CCCCCNC(=O)COc4ccc(/C=C/c5ccc6n5[B-](F)(F)[N+]5=C(c7cccs7)C=CC5=C6)cc4)ncnc32)[C@H](O)[C@@H]1O. The molecule has 0 unspecified atom stereocenters. The molecule has 0 radical (unpaired) electrons. The topological polar surface area (TPSA) is 297 Å². The van der Waals surface area contributed by atoms with Crippen molar-refractivity contribution in [3.8, 4) is 5.75 Å². The van der Waals surface area contributed by atoms with Crippen LogP contribution in [-0.4, -0.2) is 157 Å². The summed E-state index contributed by atoms with van der Waals surface area (Å²) in [5, 5.41) is 41.8. The number of nitrogens with zero attached hydrogens (tertiary/aromatic N) is 6. The predicted octanol–water partition coefficient (Wildman–Crippen LogP) is 2.45. The van der Waals surface area contributed by atoms with Crippen LogP contribution in [-0.2, 0) is 33.5 Å². The van der Waals surface area contributed by atoms with E-state index in [-0.39, 0.29) is 31.4 Å². The molecule has 80 heavy (non-hydrogen) atoms. The first kappa shape index (κ1) is 58.0. The minimum atomic E-state index is -4.16. The zero-order valence-electron chi connectivity index (χ0n) is 44.3. The quantitative estimate of drug-likeness (QED) is 0.0270. The number of nitrogens with one attached hydrogen (secondary N) is 7. The summed E-state index contributed by atoms with van der Waals surface area (Å²) in [6, 6.07) is 12.0. The van der Waals surface area contributed by atoms with E-state index in [0.717, 1.165) is 19.4 Å². The first-order valence-corrected chi connectivity index (χ1v) is 27.3. The van der Waals surface area contributed by atoms with Crippen molar-refractivity contribution in [1.29, 1.82) is 0 Å². The third-order valence-corrected chi connectivity index (χ3v) is 14.3. The number of carbonyl (C=O) groups excluding carboxylic acids is 6. The van der Waals surface area contributed by atoms with Gasteiger partial charge in [0, 0.05) is 62.2 Å². The van der Waals surface area contributed by atoms with Gasteiger partial charge in [0.2, 0.25) is 23.6 Å². The number of likely N-dealkylation sites (N-methyl/N-ethyl adjacent to an activating group) is 1. The molecule has 1 fully saturated rings. The largest absolute Gasteiger partial charge is 0.737 e. The van der Waals surface area contributed by atoms with E-state index in [0.29, 0.717) is 104 Å². The van der Waals surface area contributed by atoms with Crippen LogP contribution in [0.4, 0.5) is 14.4 Å². The van der Waals surface area contributed by atoms with Crippen LogP contribution < -0.4 is 42.0 Å². The van der Waals surface area contributed by atoms with E-state index in [1.165, 1.54) is 42.4 Å². The van der Waals surface area contributed by atoms with Gasteiger partial charge in [0.25, 0.3) is 11.8 Å². The highest BCUT2D eigenvalue weighted by molar-refractivity contribution is 7.12. The van der Waals surface area contributed by atoms with Crippen LogP contribution in [0.2, 0.25) is 0 Å². The molecule has 23 nitrogen and oxygen atoms in total. The Morgan fingerprint density at radius 3 is 2.34 bits per heavy atom. The Balaban J connectivity index is 0.640. The number of aliphatic hydroxyl groups is 2. The van der Waals surface area contributed by atoms with Crippen molar-refractivity contribution in [2.45, 2.75) is 95.9 Å². The summed E-state index contributed by atoms with van der Waals surface area (Å²) in [6.07, 6.45) is 9.10. The lowest BCUT2D eigenvalue weighted by atomic mass is 9.90. The van der Waals surface area contributed by atoms with Gasteiger partial charge in [-0.1, -0.05) is 30.7 Å². The summed E-state index contributed by atoms with van der Waals surface area (Å²) in [5.74, 6) is -1.97. The fourth-order valence-electron chi connectivity index (χ4n) is 9.18. The Kier molecular flexibility index (Phi) is 19.4. The highest BCUT2D eigenvalue weighted by Crippen LogP contribution is 2.35. The Hall–Kier alpha value is -8.14. The van der Waals surface area contributed by atoms with Gasteiger partial charge in [-0.25, -0.2) is 15.0 Å². The smallest absolute Gasteiger partial charge is 0.484 e. The summed E-state index contributed by atoms with van der Waals surface area (Å²) in [4.78, 5) is 88.8. The van der Waals surface area contributed by atoms with Crippen LogP contribution in [0.1, 0.15) is 87.4 Å². The van der Waals surface area contributed by atoms with Crippen LogP contribution >= 0.6 is 11.3 Å². The zero-order valence-corrected chi connectivity index (χ0v) is 45.1. The maximum atomic E-state index is 16.1. The highest BCUT2D eigenvalue weighted by atomic mass is 32.1. The number of thiophene rings is 1. The number of hydrogen-bond acceptors (Lipinski definition) is 15. The third-order valence-electron chi connectivity index (χ3n) is 13.4. The summed E-state index contributed by atoms with van der Waals surface area (Å²) in [6.45, 7) is 1.43. The molecule has 1 saturated heterocycles. The van der Waals surface area contributed by atoms with Crippen LogP contribution in [0.15, 0.2) is 84.4 Å². The van der Waals surface area contributed by atoms with Crippen LogP contribution in [0.5, 0.6) is 5.75 Å².